The molecule has 0 aliphatic heterocycles. The number of pyridine rings is 1. The SMILES string of the molecule is Cc1cc2ccc(NC(=O)N(C)C)cc2[nH]c1=O. The molecule has 1 aromatic carbocycles. The monoisotopic (exact) mass is 245 g/mol. The highest BCUT2D eigenvalue weighted by Crippen LogP contribution is 2.17. The standard InChI is InChI=1S/C13H15N3O2/c1-8-6-9-4-5-10(14-13(18)16(2)3)7-11(9)15-12(8)17/h4-7H,1-3H3,(H,14,18)(H,15,17). The van der Waals surface area contributed by atoms with Gasteiger partial charge in [0.15, 0.2) is 0 Å². The minimum atomic E-state index is -0.205. The van der Waals surface area contributed by atoms with Gasteiger partial charge in [0.1, 0.15) is 0 Å². The molecule has 2 rings (SSSR count). The van der Waals surface area contributed by atoms with Crippen LogP contribution in [0.3, 0.4) is 0 Å². The van der Waals surface area contributed by atoms with Crippen molar-refractivity contribution in [1.82, 2.24) is 9.88 Å². The number of carbonyl (C=O) groups excluding carboxylic acids is 1. The average Bonchev–Trinajstić information content (AvgIpc) is 2.31. The summed E-state index contributed by atoms with van der Waals surface area (Å²) >= 11 is 0. The fourth-order valence-corrected chi connectivity index (χ4v) is 1.62. The molecule has 5 nitrogen and oxygen atoms in total. The zero-order valence-corrected chi connectivity index (χ0v) is 10.6. The number of urea groups is 1. The van der Waals surface area contributed by atoms with Gasteiger partial charge < -0.3 is 15.2 Å². The van der Waals surface area contributed by atoms with E-state index in [2.05, 4.69) is 10.3 Å². The summed E-state index contributed by atoms with van der Waals surface area (Å²) in [4.78, 5) is 27.3. The van der Waals surface area contributed by atoms with Gasteiger partial charge in [-0.05, 0) is 30.5 Å². The van der Waals surface area contributed by atoms with Gasteiger partial charge in [-0.25, -0.2) is 4.79 Å². The molecule has 18 heavy (non-hydrogen) atoms. The number of benzene rings is 1. The van der Waals surface area contributed by atoms with Crippen molar-refractivity contribution in [3.05, 3.63) is 40.2 Å². The molecule has 0 atom stereocenters. The topological polar surface area (TPSA) is 65.2 Å². The molecule has 0 saturated carbocycles. The van der Waals surface area contributed by atoms with Crippen molar-refractivity contribution < 1.29 is 4.79 Å². The van der Waals surface area contributed by atoms with Crippen LogP contribution >= 0.6 is 0 Å². The largest absolute Gasteiger partial charge is 0.331 e. The summed E-state index contributed by atoms with van der Waals surface area (Å²) in [6, 6.07) is 7.04. The van der Waals surface area contributed by atoms with Gasteiger partial charge in [0.2, 0.25) is 0 Å². The Kier molecular flexibility index (Phi) is 3.06. The second-order valence-electron chi connectivity index (χ2n) is 4.41. The smallest absolute Gasteiger partial charge is 0.321 e. The van der Waals surface area contributed by atoms with Gasteiger partial charge in [0.05, 0.1) is 5.52 Å². The zero-order chi connectivity index (χ0) is 13.3. The molecular formula is C13H15N3O2. The van der Waals surface area contributed by atoms with Crippen LogP contribution in [0.25, 0.3) is 10.9 Å². The molecule has 0 aliphatic rings. The molecular weight excluding hydrogens is 230 g/mol. The number of carbonyl (C=O) groups is 1. The number of rotatable bonds is 1. The van der Waals surface area contributed by atoms with E-state index in [1.807, 2.05) is 18.2 Å². The third-order valence-corrected chi connectivity index (χ3v) is 2.69. The number of nitrogens with one attached hydrogen (secondary N) is 2. The highest BCUT2D eigenvalue weighted by molar-refractivity contribution is 5.92. The van der Waals surface area contributed by atoms with Gasteiger partial charge in [0, 0.05) is 25.3 Å². The van der Waals surface area contributed by atoms with Gasteiger partial charge in [-0.15, -0.1) is 0 Å². The number of hydrogen-bond acceptors (Lipinski definition) is 2. The molecule has 0 radical (unpaired) electrons. The minimum Gasteiger partial charge on any atom is -0.331 e. The number of fused-ring (bicyclic) bond motifs is 1. The van der Waals surface area contributed by atoms with Crippen LogP contribution in [0.4, 0.5) is 10.5 Å². The molecule has 2 amide bonds. The summed E-state index contributed by atoms with van der Waals surface area (Å²) < 4.78 is 0. The van der Waals surface area contributed by atoms with E-state index in [1.54, 1.807) is 27.1 Å². The number of aromatic amines is 1. The molecule has 0 bridgehead atoms. The fourth-order valence-electron chi connectivity index (χ4n) is 1.62. The van der Waals surface area contributed by atoms with Gasteiger partial charge in [0.25, 0.3) is 5.56 Å². The first-order valence-electron chi connectivity index (χ1n) is 5.59. The summed E-state index contributed by atoms with van der Waals surface area (Å²) in [5.74, 6) is 0. The predicted octanol–water partition coefficient (Wildman–Crippen LogP) is 1.93. The molecule has 94 valence electrons. The lowest BCUT2D eigenvalue weighted by atomic mass is 10.1. The first-order valence-corrected chi connectivity index (χ1v) is 5.59. The highest BCUT2D eigenvalue weighted by atomic mass is 16.2. The molecule has 0 fully saturated rings. The Morgan fingerprint density at radius 3 is 2.67 bits per heavy atom. The van der Waals surface area contributed by atoms with Crippen molar-refractivity contribution >= 4 is 22.6 Å². The lowest BCUT2D eigenvalue weighted by Gasteiger charge is -2.12. The Balaban J connectivity index is 2.41. The zero-order valence-electron chi connectivity index (χ0n) is 10.6. The van der Waals surface area contributed by atoms with Gasteiger partial charge in [-0.1, -0.05) is 6.07 Å². The third-order valence-electron chi connectivity index (χ3n) is 2.69. The Bertz CT molecular complexity index is 659. The van der Waals surface area contributed by atoms with E-state index in [4.69, 9.17) is 0 Å². The second-order valence-corrected chi connectivity index (χ2v) is 4.41. The van der Waals surface area contributed by atoms with E-state index in [-0.39, 0.29) is 11.6 Å². The summed E-state index contributed by atoms with van der Waals surface area (Å²) in [7, 11) is 3.34. The molecule has 5 heteroatoms. The summed E-state index contributed by atoms with van der Waals surface area (Å²) in [6.07, 6.45) is 0. The van der Waals surface area contributed by atoms with Crippen LogP contribution in [-0.4, -0.2) is 30.0 Å². The lowest BCUT2D eigenvalue weighted by Crippen LogP contribution is -2.27. The predicted molar refractivity (Wildman–Crippen MR) is 72.0 cm³/mol. The first-order chi connectivity index (χ1) is 8.47. The van der Waals surface area contributed by atoms with Crippen LogP contribution < -0.4 is 10.9 Å². The number of nitrogens with zero attached hydrogens (tertiary/aromatic N) is 1. The maximum Gasteiger partial charge on any atom is 0.321 e. The van der Waals surface area contributed by atoms with Crippen molar-refractivity contribution in [3.63, 3.8) is 0 Å². The molecule has 0 spiro atoms. The van der Waals surface area contributed by atoms with E-state index in [9.17, 15) is 9.59 Å². The normalized spacial score (nSPS) is 10.4. The van der Waals surface area contributed by atoms with Crippen molar-refractivity contribution in [3.8, 4) is 0 Å². The van der Waals surface area contributed by atoms with Crippen molar-refractivity contribution in [2.45, 2.75) is 6.92 Å². The average molecular weight is 245 g/mol. The first kappa shape index (κ1) is 12.2. The quantitative estimate of drug-likeness (QED) is 0.806. The fraction of sp³-hybridized carbons (Fsp3) is 0.231. The third kappa shape index (κ3) is 2.34. The maximum absolute atomic E-state index is 11.5. The second kappa shape index (κ2) is 4.52. The summed E-state index contributed by atoms with van der Waals surface area (Å²) in [5, 5.41) is 3.67. The van der Waals surface area contributed by atoms with Crippen LogP contribution in [0.1, 0.15) is 5.56 Å². The highest BCUT2D eigenvalue weighted by Gasteiger charge is 2.05. The molecule has 0 saturated heterocycles. The van der Waals surface area contributed by atoms with Crippen molar-refractivity contribution in [2.75, 3.05) is 19.4 Å². The number of anilines is 1. The number of aryl methyl sites for hydroxylation is 1. The number of amides is 2. The van der Waals surface area contributed by atoms with E-state index in [0.29, 0.717) is 16.8 Å². The van der Waals surface area contributed by atoms with Gasteiger partial charge >= 0.3 is 6.03 Å². The summed E-state index contributed by atoms with van der Waals surface area (Å²) in [5.41, 5.74) is 1.93. The molecule has 2 aromatic rings. The van der Waals surface area contributed by atoms with Crippen LogP contribution in [0.15, 0.2) is 29.1 Å². The van der Waals surface area contributed by atoms with E-state index in [1.165, 1.54) is 4.90 Å². The van der Waals surface area contributed by atoms with Crippen molar-refractivity contribution in [1.29, 1.82) is 0 Å². The van der Waals surface area contributed by atoms with Crippen LogP contribution in [0.2, 0.25) is 0 Å². The van der Waals surface area contributed by atoms with Gasteiger partial charge in [-0.2, -0.15) is 0 Å². The van der Waals surface area contributed by atoms with Crippen LogP contribution in [0.5, 0.6) is 0 Å². The van der Waals surface area contributed by atoms with E-state index in [0.717, 1.165) is 5.39 Å². The summed E-state index contributed by atoms with van der Waals surface area (Å²) in [6.45, 7) is 1.76. The number of H-pyrrole nitrogens is 1. The lowest BCUT2D eigenvalue weighted by molar-refractivity contribution is 0.230. The molecule has 1 heterocycles. The van der Waals surface area contributed by atoms with Crippen molar-refractivity contribution in [2.24, 2.45) is 0 Å². The maximum atomic E-state index is 11.5. The molecule has 0 aliphatic carbocycles. The Morgan fingerprint density at radius 1 is 1.28 bits per heavy atom. The molecule has 0 unspecified atom stereocenters. The van der Waals surface area contributed by atoms with E-state index >= 15 is 0 Å². The number of aromatic nitrogens is 1. The Hall–Kier alpha value is -2.30. The van der Waals surface area contributed by atoms with Crippen LogP contribution in [-0.2, 0) is 0 Å². The minimum absolute atomic E-state index is 0.112. The van der Waals surface area contributed by atoms with Crippen LogP contribution in [0, 0.1) is 6.92 Å². The van der Waals surface area contributed by atoms with E-state index < -0.39 is 0 Å². The van der Waals surface area contributed by atoms with Gasteiger partial charge in [-0.3, -0.25) is 4.79 Å². The number of hydrogen-bond donors (Lipinski definition) is 2. The Morgan fingerprint density at radius 2 is 2.00 bits per heavy atom. The molecule has 2 N–H and O–H groups in total. The molecule has 1 aromatic heterocycles. The Labute approximate surface area is 104 Å².